The van der Waals surface area contributed by atoms with Gasteiger partial charge in [0.1, 0.15) is 5.82 Å². The molecule has 3 aromatic carbocycles. The smallest absolute Gasteiger partial charge is 0.270 e. The second-order valence-electron chi connectivity index (χ2n) is 6.42. The SMILES string of the molecule is O=[N+]([O-])c1cccc(-c2nc3nc4ccccc4nc3n2-c2cccc(Br)c2)c1. The number of hydrogen-bond donors (Lipinski definition) is 0. The molecule has 0 unspecified atom stereocenters. The van der Waals surface area contributed by atoms with Crippen molar-refractivity contribution < 1.29 is 4.92 Å². The van der Waals surface area contributed by atoms with Crippen LogP contribution in [-0.2, 0) is 0 Å². The zero-order chi connectivity index (χ0) is 20.0. The monoisotopic (exact) mass is 445 g/mol. The Morgan fingerprint density at radius 3 is 2.38 bits per heavy atom. The van der Waals surface area contributed by atoms with Gasteiger partial charge in [-0.15, -0.1) is 0 Å². The number of imidazole rings is 1. The third-order valence-corrected chi connectivity index (χ3v) is 5.04. The molecular formula is C21H12BrN5O2. The summed E-state index contributed by atoms with van der Waals surface area (Å²) in [5.74, 6) is 0.539. The van der Waals surface area contributed by atoms with Crippen molar-refractivity contribution in [2.75, 3.05) is 0 Å². The van der Waals surface area contributed by atoms with Crippen molar-refractivity contribution in [2.24, 2.45) is 0 Å². The van der Waals surface area contributed by atoms with Crippen molar-refractivity contribution in [2.45, 2.75) is 0 Å². The van der Waals surface area contributed by atoms with Crippen LogP contribution in [0.4, 0.5) is 5.69 Å². The summed E-state index contributed by atoms with van der Waals surface area (Å²) in [5.41, 5.74) is 4.00. The molecule has 7 nitrogen and oxygen atoms in total. The maximum absolute atomic E-state index is 11.3. The lowest BCUT2D eigenvalue weighted by atomic mass is 10.2. The molecule has 0 radical (unpaired) electrons. The summed E-state index contributed by atoms with van der Waals surface area (Å²) in [6.07, 6.45) is 0. The van der Waals surface area contributed by atoms with E-state index in [0.717, 1.165) is 21.2 Å². The van der Waals surface area contributed by atoms with Crippen LogP contribution in [0.25, 0.3) is 39.4 Å². The van der Waals surface area contributed by atoms with Crippen LogP contribution in [0.1, 0.15) is 0 Å². The Labute approximate surface area is 173 Å². The molecule has 0 aliphatic heterocycles. The number of para-hydroxylation sites is 2. The molecule has 5 aromatic rings. The maximum atomic E-state index is 11.3. The molecule has 8 heteroatoms. The normalized spacial score (nSPS) is 11.2. The Kier molecular flexibility index (Phi) is 4.06. The van der Waals surface area contributed by atoms with Gasteiger partial charge in [-0.05, 0) is 30.3 Å². The fourth-order valence-corrected chi connectivity index (χ4v) is 3.66. The van der Waals surface area contributed by atoms with Gasteiger partial charge >= 0.3 is 0 Å². The standard InChI is InChI=1S/C21H12BrN5O2/c22-14-6-4-7-15(12-14)26-20(13-5-3-8-16(11-13)27(28)29)25-19-21(26)24-18-10-2-1-9-17(18)23-19/h1-12H. The summed E-state index contributed by atoms with van der Waals surface area (Å²) in [4.78, 5) is 25.0. The summed E-state index contributed by atoms with van der Waals surface area (Å²) in [5, 5.41) is 11.3. The molecule has 0 saturated carbocycles. The number of nitro groups is 1. The second kappa shape index (κ2) is 6.75. The van der Waals surface area contributed by atoms with E-state index in [2.05, 4.69) is 20.9 Å². The number of hydrogen-bond acceptors (Lipinski definition) is 5. The Bertz CT molecular complexity index is 1410. The van der Waals surface area contributed by atoms with E-state index in [1.807, 2.05) is 53.1 Å². The number of rotatable bonds is 3. The summed E-state index contributed by atoms with van der Waals surface area (Å²) in [7, 11) is 0. The van der Waals surface area contributed by atoms with Gasteiger partial charge < -0.3 is 0 Å². The highest BCUT2D eigenvalue weighted by molar-refractivity contribution is 9.10. The van der Waals surface area contributed by atoms with Gasteiger partial charge in [-0.25, -0.2) is 15.0 Å². The van der Waals surface area contributed by atoms with Gasteiger partial charge in [0.25, 0.3) is 5.69 Å². The molecule has 0 spiro atoms. The van der Waals surface area contributed by atoms with Gasteiger partial charge in [-0.3, -0.25) is 14.7 Å². The minimum absolute atomic E-state index is 0.00132. The van der Waals surface area contributed by atoms with E-state index >= 15 is 0 Å². The van der Waals surface area contributed by atoms with Crippen molar-refractivity contribution >= 4 is 43.9 Å². The van der Waals surface area contributed by atoms with E-state index in [4.69, 9.17) is 9.97 Å². The molecule has 0 aliphatic carbocycles. The lowest BCUT2D eigenvalue weighted by molar-refractivity contribution is -0.384. The summed E-state index contributed by atoms with van der Waals surface area (Å²) in [6, 6.07) is 21.7. The van der Waals surface area contributed by atoms with Crippen molar-refractivity contribution in [3.05, 3.63) is 87.4 Å². The fourth-order valence-electron chi connectivity index (χ4n) is 3.27. The van der Waals surface area contributed by atoms with Crippen LogP contribution < -0.4 is 0 Å². The first kappa shape index (κ1) is 17.4. The summed E-state index contributed by atoms with van der Waals surface area (Å²) >= 11 is 3.50. The highest BCUT2D eigenvalue weighted by Crippen LogP contribution is 2.30. The first-order valence-electron chi connectivity index (χ1n) is 8.76. The van der Waals surface area contributed by atoms with E-state index in [1.54, 1.807) is 12.1 Å². The minimum atomic E-state index is -0.416. The first-order valence-corrected chi connectivity index (χ1v) is 9.55. The molecule has 29 heavy (non-hydrogen) atoms. The lowest BCUT2D eigenvalue weighted by Crippen LogP contribution is -1.99. The molecule has 0 atom stereocenters. The molecule has 0 fully saturated rings. The molecule has 5 rings (SSSR count). The predicted octanol–water partition coefficient (Wildman–Crippen LogP) is 5.31. The van der Waals surface area contributed by atoms with Crippen LogP contribution in [0.5, 0.6) is 0 Å². The van der Waals surface area contributed by atoms with Crippen LogP contribution in [-0.4, -0.2) is 24.4 Å². The zero-order valence-electron chi connectivity index (χ0n) is 14.9. The highest BCUT2D eigenvalue weighted by atomic mass is 79.9. The van der Waals surface area contributed by atoms with Crippen LogP contribution >= 0.6 is 15.9 Å². The van der Waals surface area contributed by atoms with Crippen molar-refractivity contribution in [3.63, 3.8) is 0 Å². The molecule has 0 N–H and O–H groups in total. The molecule has 0 aliphatic rings. The minimum Gasteiger partial charge on any atom is -0.275 e. The van der Waals surface area contributed by atoms with Gasteiger partial charge in [-0.2, -0.15) is 0 Å². The lowest BCUT2D eigenvalue weighted by Gasteiger charge is -2.09. The highest BCUT2D eigenvalue weighted by Gasteiger charge is 2.19. The van der Waals surface area contributed by atoms with E-state index in [9.17, 15) is 10.1 Å². The number of halogens is 1. The average molecular weight is 446 g/mol. The van der Waals surface area contributed by atoms with Gasteiger partial charge in [-0.1, -0.05) is 46.3 Å². The number of nitrogens with zero attached hydrogens (tertiary/aromatic N) is 5. The Morgan fingerprint density at radius 1 is 0.862 bits per heavy atom. The quantitative estimate of drug-likeness (QED) is 0.277. The van der Waals surface area contributed by atoms with Crippen molar-refractivity contribution in [3.8, 4) is 17.1 Å². The maximum Gasteiger partial charge on any atom is 0.270 e. The van der Waals surface area contributed by atoms with Gasteiger partial charge in [0.05, 0.1) is 21.6 Å². The number of fused-ring (bicyclic) bond motifs is 2. The van der Waals surface area contributed by atoms with E-state index < -0.39 is 4.92 Å². The van der Waals surface area contributed by atoms with Crippen LogP contribution in [0, 0.1) is 10.1 Å². The molecule has 0 saturated heterocycles. The third-order valence-electron chi connectivity index (χ3n) is 4.55. The summed E-state index contributed by atoms with van der Waals surface area (Å²) < 4.78 is 2.77. The van der Waals surface area contributed by atoms with Gasteiger partial charge in [0.15, 0.2) is 11.3 Å². The topological polar surface area (TPSA) is 86.7 Å². The Hall–Kier alpha value is -3.65. The fraction of sp³-hybridized carbons (Fsp3) is 0. The number of nitro benzene ring substituents is 1. The molecule has 0 amide bonds. The largest absolute Gasteiger partial charge is 0.275 e. The number of aromatic nitrogens is 4. The van der Waals surface area contributed by atoms with Crippen LogP contribution in [0.3, 0.4) is 0 Å². The molecule has 140 valence electrons. The van der Waals surface area contributed by atoms with E-state index in [-0.39, 0.29) is 5.69 Å². The molecule has 2 aromatic heterocycles. The summed E-state index contributed by atoms with van der Waals surface area (Å²) in [6.45, 7) is 0. The van der Waals surface area contributed by atoms with E-state index in [1.165, 1.54) is 12.1 Å². The molecule has 2 heterocycles. The average Bonchev–Trinajstić information content (AvgIpc) is 3.10. The number of non-ortho nitro benzene ring substituents is 1. The van der Waals surface area contributed by atoms with Gasteiger partial charge in [0.2, 0.25) is 0 Å². The predicted molar refractivity (Wildman–Crippen MR) is 114 cm³/mol. The number of benzene rings is 3. The molecule has 0 bridgehead atoms. The second-order valence-corrected chi connectivity index (χ2v) is 7.33. The first-order chi connectivity index (χ1) is 14.1. The van der Waals surface area contributed by atoms with Crippen molar-refractivity contribution in [1.29, 1.82) is 0 Å². The van der Waals surface area contributed by atoms with Crippen molar-refractivity contribution in [1.82, 2.24) is 19.5 Å². The third kappa shape index (κ3) is 3.03. The Morgan fingerprint density at radius 2 is 1.62 bits per heavy atom. The molecular weight excluding hydrogens is 434 g/mol. The van der Waals surface area contributed by atoms with Gasteiger partial charge in [0, 0.05) is 22.2 Å². The van der Waals surface area contributed by atoms with Crippen LogP contribution in [0.15, 0.2) is 77.3 Å². The zero-order valence-corrected chi connectivity index (χ0v) is 16.4. The van der Waals surface area contributed by atoms with Crippen LogP contribution in [0.2, 0.25) is 0 Å². The Balaban J connectivity index is 1.87. The van der Waals surface area contributed by atoms with E-state index in [0.29, 0.717) is 22.7 Å².